The van der Waals surface area contributed by atoms with Crippen molar-refractivity contribution in [2.75, 3.05) is 32.3 Å². The van der Waals surface area contributed by atoms with Gasteiger partial charge in [0.25, 0.3) is 5.91 Å². The van der Waals surface area contributed by atoms with E-state index in [1.807, 2.05) is 13.8 Å². The van der Waals surface area contributed by atoms with Crippen LogP contribution in [0.2, 0.25) is 0 Å². The highest BCUT2D eigenvalue weighted by Gasteiger charge is 2.58. The maximum absolute atomic E-state index is 13.4. The summed E-state index contributed by atoms with van der Waals surface area (Å²) in [4.78, 5) is 26.1. The van der Waals surface area contributed by atoms with Gasteiger partial charge in [-0.15, -0.1) is 0 Å². The molecule has 0 atom stereocenters. The second kappa shape index (κ2) is 9.02. The number of methoxy groups -OCH3 is 2. The van der Waals surface area contributed by atoms with Crippen LogP contribution in [0.3, 0.4) is 0 Å². The second-order valence-corrected chi connectivity index (χ2v) is 6.61. The van der Waals surface area contributed by atoms with Crippen molar-refractivity contribution in [3.63, 3.8) is 0 Å². The third-order valence-electron chi connectivity index (χ3n) is 4.73. The molecule has 1 amide bonds. The van der Waals surface area contributed by atoms with E-state index < -0.39 is 28.9 Å². The van der Waals surface area contributed by atoms with Crippen molar-refractivity contribution in [1.29, 1.82) is 0 Å². The molecule has 0 saturated heterocycles. The molecular weight excluding hydrogens is 391 g/mol. The van der Waals surface area contributed by atoms with Crippen LogP contribution in [-0.2, 0) is 20.4 Å². The Hall–Kier alpha value is -2.29. The van der Waals surface area contributed by atoms with Gasteiger partial charge in [-0.2, -0.15) is 13.2 Å². The molecule has 1 saturated carbocycles. The van der Waals surface area contributed by atoms with E-state index in [0.29, 0.717) is 38.8 Å². The summed E-state index contributed by atoms with van der Waals surface area (Å²) in [5.41, 5.74) is -2.71. The first kappa shape index (κ1) is 23.0. The molecule has 0 unspecified atom stereocenters. The van der Waals surface area contributed by atoms with E-state index in [2.05, 4.69) is 4.74 Å². The Balaban J connectivity index is 0.00000145. The van der Waals surface area contributed by atoms with Crippen molar-refractivity contribution in [2.24, 2.45) is 0 Å². The van der Waals surface area contributed by atoms with E-state index in [0.717, 1.165) is 19.2 Å². The number of amides is 1. The number of halogens is 3. The molecule has 6 nitrogen and oxygen atoms in total. The van der Waals surface area contributed by atoms with Crippen molar-refractivity contribution in [3.8, 4) is 5.75 Å². The Morgan fingerprint density at radius 2 is 1.86 bits per heavy atom. The second-order valence-electron chi connectivity index (χ2n) is 6.61. The average Bonchev–Trinajstić information content (AvgIpc) is 3.47. The minimum Gasteiger partial charge on any atom is -0.475 e. The largest absolute Gasteiger partial charge is 0.475 e. The van der Waals surface area contributed by atoms with Gasteiger partial charge in [0.1, 0.15) is 5.75 Å². The zero-order valence-corrected chi connectivity index (χ0v) is 17.0. The van der Waals surface area contributed by atoms with E-state index in [-0.39, 0.29) is 17.3 Å². The Kier molecular flexibility index (Phi) is 7.15. The van der Waals surface area contributed by atoms with Crippen LogP contribution in [0.5, 0.6) is 5.75 Å². The van der Waals surface area contributed by atoms with Crippen LogP contribution < -0.4 is 9.64 Å². The van der Waals surface area contributed by atoms with Gasteiger partial charge in [-0.3, -0.25) is 4.79 Å². The summed E-state index contributed by atoms with van der Waals surface area (Å²) in [5, 5.41) is 0. The molecule has 1 fully saturated rings. The molecule has 0 N–H and O–H groups in total. The molecule has 1 aromatic carbocycles. The molecule has 1 aliphatic carbocycles. The van der Waals surface area contributed by atoms with Crippen molar-refractivity contribution < 1.29 is 37.0 Å². The van der Waals surface area contributed by atoms with Crippen LogP contribution in [0.25, 0.3) is 0 Å². The zero-order chi connectivity index (χ0) is 21.8. The number of nitrogens with zero attached hydrogens (tertiary/aromatic N) is 1. The van der Waals surface area contributed by atoms with E-state index in [9.17, 15) is 22.8 Å². The number of ether oxygens (including phenoxy) is 3. The van der Waals surface area contributed by atoms with Gasteiger partial charge in [-0.25, -0.2) is 4.79 Å². The third-order valence-corrected chi connectivity index (χ3v) is 4.73. The quantitative estimate of drug-likeness (QED) is 0.513. The Bertz CT molecular complexity index is 759. The molecule has 162 valence electrons. The monoisotopic (exact) mass is 417 g/mol. The van der Waals surface area contributed by atoms with Gasteiger partial charge in [-0.1, -0.05) is 13.8 Å². The zero-order valence-electron chi connectivity index (χ0n) is 17.0. The number of hydrogen-bond acceptors (Lipinski definition) is 5. The highest BCUT2D eigenvalue weighted by atomic mass is 19.4. The van der Waals surface area contributed by atoms with Crippen molar-refractivity contribution in [1.82, 2.24) is 0 Å². The SMILES string of the molecule is CC.COCCCCN1C(=O)C2(CC2)Oc2cc(C(F)(F)F)c(C(=O)OC)cc21. The molecule has 1 spiro atoms. The molecule has 1 heterocycles. The first-order chi connectivity index (χ1) is 13.7. The molecule has 1 aliphatic heterocycles. The van der Waals surface area contributed by atoms with Crippen molar-refractivity contribution in [2.45, 2.75) is 51.3 Å². The minimum absolute atomic E-state index is 0.0428. The molecule has 0 bridgehead atoms. The molecule has 0 aromatic heterocycles. The van der Waals surface area contributed by atoms with Crippen molar-refractivity contribution in [3.05, 3.63) is 23.3 Å². The third kappa shape index (κ3) is 4.66. The Morgan fingerprint density at radius 3 is 2.38 bits per heavy atom. The number of hydrogen-bond donors (Lipinski definition) is 0. The standard InChI is InChI=1S/C18H20F3NO5.C2H6/c1-25-8-4-3-7-22-13-9-11(15(23)26-2)12(18(19,20)21)10-14(13)27-17(5-6-17)16(22)24;1-2/h9-10H,3-8H2,1-2H3;1-2H3. The number of carbonyl (C=O) groups excluding carboxylic acids is 2. The lowest BCUT2D eigenvalue weighted by molar-refractivity contribution is -0.138. The first-order valence-electron chi connectivity index (χ1n) is 9.57. The summed E-state index contributed by atoms with van der Waals surface area (Å²) in [5.74, 6) is -1.45. The topological polar surface area (TPSA) is 65.1 Å². The highest BCUT2D eigenvalue weighted by Crippen LogP contribution is 2.51. The predicted octanol–water partition coefficient (Wildman–Crippen LogP) is 4.20. The number of rotatable bonds is 6. The summed E-state index contributed by atoms with van der Waals surface area (Å²) < 4.78 is 55.4. The number of fused-ring (bicyclic) bond motifs is 1. The lowest BCUT2D eigenvalue weighted by atomic mass is 10.0. The number of esters is 1. The lowest BCUT2D eigenvalue weighted by Gasteiger charge is -2.35. The van der Waals surface area contributed by atoms with Crippen LogP contribution >= 0.6 is 0 Å². The Morgan fingerprint density at radius 1 is 1.21 bits per heavy atom. The summed E-state index contributed by atoms with van der Waals surface area (Å²) in [7, 11) is 2.57. The smallest absolute Gasteiger partial charge is 0.417 e. The first-order valence-corrected chi connectivity index (χ1v) is 9.57. The summed E-state index contributed by atoms with van der Waals surface area (Å²) in [6, 6.07) is 1.82. The molecule has 1 aromatic rings. The number of unbranched alkanes of at least 4 members (excludes halogenated alkanes) is 1. The van der Waals surface area contributed by atoms with Gasteiger partial charge in [-0.05, 0) is 25.0 Å². The van der Waals surface area contributed by atoms with Gasteiger partial charge in [0.2, 0.25) is 0 Å². The fraction of sp³-hybridized carbons (Fsp3) is 0.600. The fourth-order valence-electron chi connectivity index (χ4n) is 3.15. The number of carbonyl (C=O) groups is 2. The number of anilines is 1. The van der Waals surface area contributed by atoms with E-state index in [1.165, 1.54) is 4.90 Å². The van der Waals surface area contributed by atoms with Crippen LogP contribution in [0.15, 0.2) is 12.1 Å². The van der Waals surface area contributed by atoms with Crippen LogP contribution in [0.4, 0.5) is 18.9 Å². The summed E-state index contributed by atoms with van der Waals surface area (Å²) in [6.45, 7) is 4.81. The average molecular weight is 417 g/mol. The number of benzene rings is 1. The minimum atomic E-state index is -4.76. The summed E-state index contributed by atoms with van der Waals surface area (Å²) >= 11 is 0. The number of alkyl halides is 3. The van der Waals surface area contributed by atoms with E-state index in [4.69, 9.17) is 9.47 Å². The van der Waals surface area contributed by atoms with E-state index >= 15 is 0 Å². The van der Waals surface area contributed by atoms with Gasteiger partial charge < -0.3 is 19.1 Å². The van der Waals surface area contributed by atoms with Crippen molar-refractivity contribution >= 4 is 17.6 Å². The Labute approximate surface area is 167 Å². The molecule has 9 heteroatoms. The van der Waals surface area contributed by atoms with Gasteiger partial charge in [0.05, 0.1) is 23.9 Å². The maximum atomic E-state index is 13.4. The van der Waals surface area contributed by atoms with Gasteiger partial charge in [0.15, 0.2) is 5.60 Å². The molecule has 0 radical (unpaired) electrons. The fourth-order valence-corrected chi connectivity index (χ4v) is 3.15. The molecule has 3 rings (SSSR count). The summed E-state index contributed by atoms with van der Waals surface area (Å²) in [6.07, 6.45) is -2.55. The van der Waals surface area contributed by atoms with Gasteiger partial charge in [0, 0.05) is 33.1 Å². The highest BCUT2D eigenvalue weighted by molar-refractivity contribution is 6.06. The van der Waals surface area contributed by atoms with Crippen LogP contribution in [0, 0.1) is 0 Å². The molecular formula is C20H26F3NO5. The maximum Gasteiger partial charge on any atom is 0.417 e. The lowest BCUT2D eigenvalue weighted by Crippen LogP contribution is -2.48. The van der Waals surface area contributed by atoms with Gasteiger partial charge >= 0.3 is 12.1 Å². The van der Waals surface area contributed by atoms with Crippen LogP contribution in [0.1, 0.15) is 55.5 Å². The van der Waals surface area contributed by atoms with E-state index in [1.54, 1.807) is 7.11 Å². The normalized spacial score (nSPS) is 16.5. The predicted molar refractivity (Wildman–Crippen MR) is 100 cm³/mol. The molecule has 2 aliphatic rings. The molecule has 29 heavy (non-hydrogen) atoms. The van der Waals surface area contributed by atoms with Crippen LogP contribution in [-0.4, -0.2) is 44.8 Å².